The molecule has 0 saturated heterocycles. The third-order valence-electron chi connectivity index (χ3n) is 4.54. The molecule has 0 amide bonds. The van der Waals surface area contributed by atoms with Gasteiger partial charge in [0.1, 0.15) is 8.07 Å². The van der Waals surface area contributed by atoms with Crippen molar-refractivity contribution in [1.82, 2.24) is 0 Å². The minimum Gasteiger partial charge on any atom is -0.0623 e. The maximum atomic E-state index is 2.51. The van der Waals surface area contributed by atoms with Crippen molar-refractivity contribution in [3.05, 3.63) is 72.3 Å². The lowest BCUT2D eigenvalue weighted by molar-refractivity contribution is 1.28. The van der Waals surface area contributed by atoms with Gasteiger partial charge in [0.15, 0.2) is 0 Å². The van der Waals surface area contributed by atoms with Crippen LogP contribution in [0.3, 0.4) is 0 Å². The summed E-state index contributed by atoms with van der Waals surface area (Å²) in [6.45, 7) is 2.51. The molecule has 3 aromatic carbocycles. The summed E-state index contributed by atoms with van der Waals surface area (Å²) in [5, 5.41) is 6.06. The molecule has 1 unspecified atom stereocenters. The average molecular weight is 260 g/mol. The molecule has 4 rings (SSSR count). The number of rotatable bonds is 1. The van der Waals surface area contributed by atoms with Gasteiger partial charge in [0.05, 0.1) is 0 Å². The van der Waals surface area contributed by atoms with E-state index in [0.29, 0.717) is 0 Å². The van der Waals surface area contributed by atoms with E-state index in [4.69, 9.17) is 0 Å². The molecule has 0 nitrogen and oxygen atoms in total. The second-order valence-corrected chi connectivity index (χ2v) is 9.79. The van der Waals surface area contributed by atoms with Crippen LogP contribution in [0.2, 0.25) is 6.55 Å². The van der Waals surface area contributed by atoms with Crippen LogP contribution in [0.25, 0.3) is 10.8 Å². The highest BCUT2D eigenvalue weighted by Crippen LogP contribution is 2.25. The van der Waals surface area contributed by atoms with Crippen molar-refractivity contribution in [2.45, 2.75) is 12.6 Å². The van der Waals surface area contributed by atoms with Crippen LogP contribution in [0.4, 0.5) is 0 Å². The Morgan fingerprint density at radius 3 is 2.32 bits per heavy atom. The van der Waals surface area contributed by atoms with Crippen molar-refractivity contribution < 1.29 is 0 Å². The summed E-state index contributed by atoms with van der Waals surface area (Å²) in [4.78, 5) is 0. The first-order valence-corrected chi connectivity index (χ1v) is 9.56. The van der Waals surface area contributed by atoms with E-state index >= 15 is 0 Å². The number of hydrogen-bond acceptors (Lipinski definition) is 0. The Morgan fingerprint density at radius 2 is 1.42 bits per heavy atom. The molecule has 1 heterocycles. The van der Waals surface area contributed by atoms with Crippen LogP contribution in [0, 0.1) is 0 Å². The Morgan fingerprint density at radius 1 is 0.737 bits per heavy atom. The molecule has 0 bridgehead atoms. The molecular weight excluding hydrogens is 244 g/mol. The molecule has 92 valence electrons. The molecule has 3 aromatic rings. The van der Waals surface area contributed by atoms with Crippen molar-refractivity contribution in [3.8, 4) is 0 Å². The maximum absolute atomic E-state index is 2.51. The lowest BCUT2D eigenvalue weighted by atomic mass is 10.1. The quantitative estimate of drug-likeness (QED) is 0.590. The molecule has 19 heavy (non-hydrogen) atoms. The zero-order chi connectivity index (χ0) is 12.9. The van der Waals surface area contributed by atoms with E-state index in [-0.39, 0.29) is 0 Å². The monoisotopic (exact) mass is 260 g/mol. The molecular formula is C18H16Si. The van der Waals surface area contributed by atoms with Crippen LogP contribution < -0.4 is 10.4 Å². The van der Waals surface area contributed by atoms with E-state index in [1.807, 2.05) is 0 Å². The smallest absolute Gasteiger partial charge is 0.0623 e. The molecule has 0 fully saturated rings. The van der Waals surface area contributed by atoms with Gasteiger partial charge in [0.2, 0.25) is 0 Å². The van der Waals surface area contributed by atoms with Crippen LogP contribution in [0.1, 0.15) is 5.56 Å². The Kier molecular flexibility index (Phi) is 2.21. The van der Waals surface area contributed by atoms with Gasteiger partial charge in [-0.1, -0.05) is 84.0 Å². The van der Waals surface area contributed by atoms with Gasteiger partial charge < -0.3 is 0 Å². The highest BCUT2D eigenvalue weighted by atomic mass is 28.3. The van der Waals surface area contributed by atoms with Gasteiger partial charge in [-0.15, -0.1) is 0 Å². The summed E-state index contributed by atoms with van der Waals surface area (Å²) in [5.74, 6) is 0. The minimum atomic E-state index is -1.46. The fraction of sp³-hybridized carbons (Fsp3) is 0.111. The lowest BCUT2D eigenvalue weighted by Gasteiger charge is -2.40. The first kappa shape index (κ1) is 11.0. The summed E-state index contributed by atoms with van der Waals surface area (Å²) in [5.41, 5.74) is 1.56. The largest absolute Gasteiger partial charge is 0.120 e. The molecule has 0 radical (unpaired) electrons. The topological polar surface area (TPSA) is 0 Å². The molecule has 1 aliphatic heterocycles. The molecule has 0 aromatic heterocycles. The van der Waals surface area contributed by atoms with Gasteiger partial charge in [-0.25, -0.2) is 0 Å². The van der Waals surface area contributed by atoms with Crippen LogP contribution in [0.5, 0.6) is 0 Å². The van der Waals surface area contributed by atoms with Crippen LogP contribution in [-0.2, 0) is 6.04 Å². The van der Waals surface area contributed by atoms with E-state index < -0.39 is 8.07 Å². The van der Waals surface area contributed by atoms with Gasteiger partial charge in [0.25, 0.3) is 0 Å². The molecule has 1 heteroatoms. The highest BCUT2D eigenvalue weighted by Gasteiger charge is 2.42. The minimum absolute atomic E-state index is 1.29. The first-order chi connectivity index (χ1) is 9.29. The van der Waals surface area contributed by atoms with E-state index in [1.54, 1.807) is 15.9 Å². The van der Waals surface area contributed by atoms with Gasteiger partial charge in [-0.3, -0.25) is 0 Å². The SMILES string of the molecule is C[Si]1(c2cccc3ccccc23)Cc2ccccc21. The molecule has 1 atom stereocenters. The van der Waals surface area contributed by atoms with Gasteiger partial charge in [-0.2, -0.15) is 0 Å². The number of fused-ring (bicyclic) bond motifs is 2. The standard InChI is InChI=1S/C18H16Si/c1-19(13-15-8-3-5-11-17(15)19)18-12-6-9-14-7-2-4-10-16(14)18/h2-12H,13H2,1H3. The Balaban J connectivity index is 1.98. The van der Waals surface area contributed by atoms with Crippen molar-refractivity contribution in [3.63, 3.8) is 0 Å². The average Bonchev–Trinajstić information content (AvgIpc) is 2.45. The van der Waals surface area contributed by atoms with Crippen molar-refractivity contribution >= 4 is 29.2 Å². The third-order valence-corrected chi connectivity index (χ3v) is 8.93. The fourth-order valence-corrected chi connectivity index (χ4v) is 7.60. The van der Waals surface area contributed by atoms with Crippen molar-refractivity contribution in [2.75, 3.05) is 0 Å². The van der Waals surface area contributed by atoms with E-state index in [9.17, 15) is 0 Å². The summed E-state index contributed by atoms with van der Waals surface area (Å²) in [6, 6.07) is 25.9. The van der Waals surface area contributed by atoms with Crippen molar-refractivity contribution in [2.24, 2.45) is 0 Å². The number of hydrogen-bond donors (Lipinski definition) is 0. The lowest BCUT2D eigenvalue weighted by Crippen LogP contribution is -2.66. The Hall–Kier alpha value is -1.86. The Labute approximate surface area is 114 Å². The van der Waals surface area contributed by atoms with Gasteiger partial charge in [0, 0.05) is 0 Å². The highest BCUT2D eigenvalue weighted by molar-refractivity contribution is 7.05. The van der Waals surface area contributed by atoms with Crippen LogP contribution in [-0.4, -0.2) is 8.07 Å². The van der Waals surface area contributed by atoms with E-state index in [0.717, 1.165) is 0 Å². The summed E-state index contributed by atoms with van der Waals surface area (Å²) >= 11 is 0. The summed E-state index contributed by atoms with van der Waals surface area (Å²) < 4.78 is 0. The van der Waals surface area contributed by atoms with E-state index in [2.05, 4.69) is 73.3 Å². The zero-order valence-corrected chi connectivity index (χ0v) is 12.1. The van der Waals surface area contributed by atoms with Gasteiger partial charge >= 0.3 is 0 Å². The second-order valence-electron chi connectivity index (χ2n) is 5.69. The molecule has 0 N–H and O–H groups in total. The fourth-order valence-electron chi connectivity index (χ4n) is 3.53. The summed E-state index contributed by atoms with van der Waals surface area (Å²) in [6.07, 6.45) is 0. The normalized spacial score (nSPS) is 20.9. The molecule has 1 aliphatic rings. The zero-order valence-electron chi connectivity index (χ0n) is 11.1. The molecule has 0 aliphatic carbocycles. The summed E-state index contributed by atoms with van der Waals surface area (Å²) in [7, 11) is -1.46. The number of benzene rings is 3. The predicted molar refractivity (Wildman–Crippen MR) is 85.0 cm³/mol. The third kappa shape index (κ3) is 1.45. The Bertz CT molecular complexity index is 770. The second kappa shape index (κ2) is 3.81. The first-order valence-electron chi connectivity index (χ1n) is 6.86. The molecule has 0 saturated carbocycles. The molecule has 0 spiro atoms. The van der Waals surface area contributed by atoms with E-state index in [1.165, 1.54) is 16.8 Å². The van der Waals surface area contributed by atoms with Crippen LogP contribution >= 0.6 is 0 Å². The maximum Gasteiger partial charge on any atom is 0.120 e. The van der Waals surface area contributed by atoms with Crippen LogP contribution in [0.15, 0.2) is 66.7 Å². The van der Waals surface area contributed by atoms with Gasteiger partial charge in [-0.05, 0) is 22.0 Å². The predicted octanol–water partition coefficient (Wildman–Crippen LogP) is 3.13. The van der Waals surface area contributed by atoms with Crippen molar-refractivity contribution in [1.29, 1.82) is 0 Å².